The molecule has 1 aromatic rings. The van der Waals surface area contributed by atoms with Crippen molar-refractivity contribution in [1.29, 1.82) is 0 Å². The van der Waals surface area contributed by atoms with Gasteiger partial charge >= 0.3 is 0 Å². The number of sulfonamides is 1. The van der Waals surface area contributed by atoms with Crippen LogP contribution < -0.4 is 5.32 Å². The van der Waals surface area contributed by atoms with Crippen LogP contribution in [0.4, 0.5) is 0 Å². The van der Waals surface area contributed by atoms with Crippen LogP contribution in [0.1, 0.15) is 37.6 Å². The number of rotatable bonds is 9. The second kappa shape index (κ2) is 6.72. The number of aromatic nitrogens is 2. The van der Waals surface area contributed by atoms with Crippen molar-refractivity contribution in [3.8, 4) is 0 Å². The van der Waals surface area contributed by atoms with Crippen LogP contribution in [-0.2, 0) is 16.6 Å². The number of hydrogen-bond donors (Lipinski definition) is 2. The number of aryl methyl sites for hydroxylation is 1. The Bertz CT molecular complexity index is 590. The monoisotopic (exact) mass is 312 g/mol. The molecule has 0 amide bonds. The lowest BCUT2D eigenvalue weighted by atomic mass is 10.3. The van der Waals surface area contributed by atoms with Gasteiger partial charge in [0.1, 0.15) is 4.90 Å². The third kappa shape index (κ3) is 3.72. The smallest absolute Gasteiger partial charge is 0.247 e. The van der Waals surface area contributed by atoms with Gasteiger partial charge in [0.05, 0.1) is 11.4 Å². The Morgan fingerprint density at radius 1 is 1.52 bits per heavy atom. The maximum atomic E-state index is 12.9. The molecule has 118 valence electrons. The minimum atomic E-state index is -3.54. The molecule has 0 bridgehead atoms. The second-order valence-corrected chi connectivity index (χ2v) is 7.31. The van der Waals surface area contributed by atoms with E-state index in [-0.39, 0.29) is 0 Å². The maximum Gasteiger partial charge on any atom is 0.247 e. The van der Waals surface area contributed by atoms with Crippen molar-refractivity contribution in [3.05, 3.63) is 24.0 Å². The molecule has 6 nitrogen and oxygen atoms in total. The van der Waals surface area contributed by atoms with Gasteiger partial charge in [-0.1, -0.05) is 13.0 Å². The number of hydrogen-bond acceptors (Lipinski definition) is 4. The first kappa shape index (κ1) is 16.2. The predicted molar refractivity (Wildman–Crippen MR) is 82.4 cm³/mol. The lowest BCUT2D eigenvalue weighted by Crippen LogP contribution is -2.33. The van der Waals surface area contributed by atoms with E-state index in [4.69, 9.17) is 0 Å². The zero-order valence-electron chi connectivity index (χ0n) is 12.7. The molecule has 0 aromatic carbocycles. The van der Waals surface area contributed by atoms with Crippen molar-refractivity contribution < 1.29 is 8.42 Å². The van der Waals surface area contributed by atoms with Crippen molar-refractivity contribution in [1.82, 2.24) is 19.8 Å². The average Bonchev–Trinajstić information content (AvgIpc) is 3.18. The molecule has 0 saturated heterocycles. The Morgan fingerprint density at radius 3 is 2.81 bits per heavy atom. The predicted octanol–water partition coefficient (Wildman–Crippen LogP) is 1.56. The Kier molecular flexibility index (Phi) is 5.18. The van der Waals surface area contributed by atoms with Crippen molar-refractivity contribution in [3.63, 3.8) is 0 Å². The molecule has 21 heavy (non-hydrogen) atoms. The van der Waals surface area contributed by atoms with Gasteiger partial charge < -0.3 is 5.32 Å². The quantitative estimate of drug-likeness (QED) is 0.678. The van der Waals surface area contributed by atoms with Gasteiger partial charge in [0.15, 0.2) is 0 Å². The summed E-state index contributed by atoms with van der Waals surface area (Å²) in [6.07, 6.45) is 4.69. The van der Waals surface area contributed by atoms with Crippen LogP contribution in [-0.4, -0.2) is 42.1 Å². The Morgan fingerprint density at radius 2 is 2.24 bits per heavy atom. The summed E-state index contributed by atoms with van der Waals surface area (Å²) in [6.45, 7) is 8.64. The zero-order valence-corrected chi connectivity index (χ0v) is 13.5. The van der Waals surface area contributed by atoms with Crippen LogP contribution in [0, 0.1) is 6.92 Å². The van der Waals surface area contributed by atoms with E-state index in [2.05, 4.69) is 22.1 Å². The highest BCUT2D eigenvalue weighted by Crippen LogP contribution is 2.24. The molecular formula is C14H24N4O2S. The minimum Gasteiger partial charge on any atom is -0.308 e. The minimum absolute atomic E-state index is 0.311. The normalized spacial score (nSPS) is 15.6. The molecule has 0 unspecified atom stereocenters. The SMILES string of the molecule is C=CCN(CCC)S(=O)(=O)c1c(CNC2CC2)n[nH]c1C. The van der Waals surface area contributed by atoms with Crippen molar-refractivity contribution in [2.75, 3.05) is 13.1 Å². The Balaban J connectivity index is 2.27. The summed E-state index contributed by atoms with van der Waals surface area (Å²) in [5.41, 5.74) is 1.16. The maximum absolute atomic E-state index is 12.9. The molecule has 1 aliphatic carbocycles. The highest BCUT2D eigenvalue weighted by molar-refractivity contribution is 7.89. The third-order valence-corrected chi connectivity index (χ3v) is 5.57. The van der Waals surface area contributed by atoms with Crippen molar-refractivity contribution in [2.24, 2.45) is 0 Å². The molecular weight excluding hydrogens is 288 g/mol. The summed E-state index contributed by atoms with van der Waals surface area (Å²) in [6, 6.07) is 0.512. The lowest BCUT2D eigenvalue weighted by molar-refractivity contribution is 0.440. The van der Waals surface area contributed by atoms with E-state index in [1.807, 2.05) is 6.92 Å². The van der Waals surface area contributed by atoms with Crippen LogP contribution >= 0.6 is 0 Å². The van der Waals surface area contributed by atoms with Crippen molar-refractivity contribution >= 4 is 10.0 Å². The second-order valence-electron chi connectivity index (χ2n) is 5.43. The summed E-state index contributed by atoms with van der Waals surface area (Å²) in [5, 5.41) is 10.3. The van der Waals surface area contributed by atoms with Gasteiger partial charge in [-0.25, -0.2) is 8.42 Å². The van der Waals surface area contributed by atoms with Gasteiger partial charge in [0.2, 0.25) is 10.0 Å². The van der Waals surface area contributed by atoms with Crippen LogP contribution in [0.3, 0.4) is 0 Å². The highest BCUT2D eigenvalue weighted by atomic mass is 32.2. The highest BCUT2D eigenvalue weighted by Gasteiger charge is 2.30. The first-order valence-electron chi connectivity index (χ1n) is 7.39. The summed E-state index contributed by atoms with van der Waals surface area (Å²) in [4.78, 5) is 0.311. The van der Waals surface area contributed by atoms with E-state index in [1.54, 1.807) is 13.0 Å². The fourth-order valence-corrected chi connectivity index (χ4v) is 4.12. The van der Waals surface area contributed by atoms with Gasteiger partial charge in [-0.2, -0.15) is 9.40 Å². The summed E-state index contributed by atoms with van der Waals surface area (Å²) >= 11 is 0. The van der Waals surface area contributed by atoms with Gasteiger partial charge in [0.25, 0.3) is 0 Å². The van der Waals surface area contributed by atoms with Crippen LogP contribution in [0.25, 0.3) is 0 Å². The summed E-state index contributed by atoms with van der Waals surface area (Å²) in [7, 11) is -3.54. The molecule has 1 heterocycles. The summed E-state index contributed by atoms with van der Waals surface area (Å²) in [5.74, 6) is 0. The number of aromatic amines is 1. The average molecular weight is 312 g/mol. The third-order valence-electron chi connectivity index (χ3n) is 3.50. The van der Waals surface area contributed by atoms with E-state index < -0.39 is 10.0 Å². The molecule has 0 spiro atoms. The van der Waals surface area contributed by atoms with Crippen LogP contribution in [0.2, 0.25) is 0 Å². The molecule has 7 heteroatoms. The molecule has 1 saturated carbocycles. The number of H-pyrrole nitrogens is 1. The summed E-state index contributed by atoms with van der Waals surface area (Å²) < 4.78 is 27.2. The lowest BCUT2D eigenvalue weighted by Gasteiger charge is -2.20. The molecule has 2 N–H and O–H groups in total. The number of nitrogens with one attached hydrogen (secondary N) is 2. The van der Waals surface area contributed by atoms with Gasteiger partial charge in [-0.3, -0.25) is 5.10 Å². The first-order chi connectivity index (χ1) is 10.0. The van der Waals surface area contributed by atoms with E-state index in [0.717, 1.165) is 19.3 Å². The molecule has 0 aliphatic heterocycles. The number of nitrogens with zero attached hydrogens (tertiary/aromatic N) is 2. The topological polar surface area (TPSA) is 78.1 Å². The van der Waals surface area contributed by atoms with E-state index in [1.165, 1.54) is 4.31 Å². The zero-order chi connectivity index (χ0) is 15.5. The fraction of sp³-hybridized carbons (Fsp3) is 0.643. The van der Waals surface area contributed by atoms with Gasteiger partial charge in [-0.15, -0.1) is 6.58 Å². The van der Waals surface area contributed by atoms with Gasteiger partial charge in [-0.05, 0) is 26.2 Å². The fourth-order valence-electron chi connectivity index (χ4n) is 2.29. The Hall–Kier alpha value is -1.18. The van der Waals surface area contributed by atoms with Crippen molar-refractivity contribution in [2.45, 2.75) is 50.6 Å². The molecule has 1 aromatic heterocycles. The molecule has 0 radical (unpaired) electrons. The first-order valence-corrected chi connectivity index (χ1v) is 8.83. The van der Waals surface area contributed by atoms with E-state index in [0.29, 0.717) is 42.0 Å². The molecule has 0 atom stereocenters. The van der Waals surface area contributed by atoms with Gasteiger partial charge in [0, 0.05) is 25.7 Å². The molecule has 1 fully saturated rings. The standard InChI is InChI=1S/C14H24N4O2S/c1-4-8-18(9-5-2)21(19,20)14-11(3)16-17-13(14)10-15-12-6-7-12/h4,12,15H,1,5-10H2,2-3H3,(H,16,17). The molecule has 1 aliphatic rings. The Labute approximate surface area is 126 Å². The van der Waals surface area contributed by atoms with E-state index in [9.17, 15) is 8.42 Å². The van der Waals surface area contributed by atoms with E-state index >= 15 is 0 Å². The largest absolute Gasteiger partial charge is 0.308 e. The molecule has 2 rings (SSSR count). The van der Waals surface area contributed by atoms with Crippen LogP contribution in [0.5, 0.6) is 0 Å². The van der Waals surface area contributed by atoms with Crippen LogP contribution in [0.15, 0.2) is 17.6 Å².